The molecule has 0 unspecified atom stereocenters. The lowest BCUT2D eigenvalue weighted by molar-refractivity contribution is 0.425. The van der Waals surface area contributed by atoms with Crippen molar-refractivity contribution in [2.75, 3.05) is 57.5 Å². The average molecular weight is 252 g/mol. The van der Waals surface area contributed by atoms with Crippen molar-refractivity contribution in [3.8, 4) is 0 Å². The van der Waals surface area contributed by atoms with Gasteiger partial charge in [-0.15, -0.1) is 0 Å². The first-order chi connectivity index (χ1) is 8.63. The van der Waals surface area contributed by atoms with Crippen LogP contribution in [0.25, 0.3) is 0 Å². The molecule has 0 aliphatic heterocycles. The summed E-state index contributed by atoms with van der Waals surface area (Å²) in [7, 11) is 6.11. The zero-order valence-electron chi connectivity index (χ0n) is 11.6. The number of aromatic nitrogens is 2. The Morgan fingerprint density at radius 3 is 2.67 bits per heavy atom. The minimum absolute atomic E-state index is 0.698. The maximum Gasteiger partial charge on any atom is 0.133 e. The van der Waals surface area contributed by atoms with Crippen LogP contribution < -0.4 is 16.0 Å². The number of rotatable bonds is 8. The van der Waals surface area contributed by atoms with Crippen LogP contribution in [0, 0.1) is 0 Å². The van der Waals surface area contributed by atoms with Crippen LogP contribution in [0.1, 0.15) is 6.42 Å². The van der Waals surface area contributed by atoms with Crippen molar-refractivity contribution in [1.29, 1.82) is 0 Å². The molecule has 102 valence electrons. The Bertz CT molecular complexity index is 341. The first-order valence-electron chi connectivity index (χ1n) is 6.25. The minimum Gasteiger partial charge on any atom is -0.369 e. The number of nitrogens with zero attached hydrogens (tertiary/aromatic N) is 4. The van der Waals surface area contributed by atoms with Crippen molar-refractivity contribution in [3.63, 3.8) is 0 Å². The van der Waals surface area contributed by atoms with Crippen LogP contribution in [0.15, 0.2) is 12.4 Å². The van der Waals surface area contributed by atoms with Gasteiger partial charge in [-0.05, 0) is 27.1 Å². The summed E-state index contributed by atoms with van der Waals surface area (Å²) in [4.78, 5) is 12.7. The van der Waals surface area contributed by atoms with E-state index in [0.717, 1.165) is 37.7 Å². The molecule has 18 heavy (non-hydrogen) atoms. The average Bonchev–Trinajstić information content (AvgIpc) is 2.36. The van der Waals surface area contributed by atoms with E-state index in [1.165, 1.54) is 0 Å². The van der Waals surface area contributed by atoms with Crippen molar-refractivity contribution in [2.45, 2.75) is 6.42 Å². The highest BCUT2D eigenvalue weighted by molar-refractivity contribution is 5.47. The lowest BCUT2D eigenvalue weighted by atomic mass is 10.4. The molecule has 6 heteroatoms. The first-order valence-corrected chi connectivity index (χ1v) is 6.25. The molecule has 3 N–H and O–H groups in total. The van der Waals surface area contributed by atoms with Gasteiger partial charge in [-0.1, -0.05) is 0 Å². The number of anilines is 2. The number of hydrogen-bond donors (Lipinski definition) is 2. The lowest BCUT2D eigenvalue weighted by Crippen LogP contribution is -2.23. The molecular formula is C12H24N6. The third-order valence-corrected chi connectivity index (χ3v) is 2.61. The van der Waals surface area contributed by atoms with Gasteiger partial charge in [0.1, 0.15) is 18.0 Å². The van der Waals surface area contributed by atoms with Gasteiger partial charge >= 0.3 is 0 Å². The van der Waals surface area contributed by atoms with Gasteiger partial charge in [0.15, 0.2) is 0 Å². The fourth-order valence-corrected chi connectivity index (χ4v) is 1.50. The van der Waals surface area contributed by atoms with E-state index in [-0.39, 0.29) is 0 Å². The number of nitrogens with one attached hydrogen (secondary N) is 1. The summed E-state index contributed by atoms with van der Waals surface area (Å²) < 4.78 is 0. The molecular weight excluding hydrogens is 228 g/mol. The second-order valence-electron chi connectivity index (χ2n) is 4.56. The molecule has 0 saturated heterocycles. The molecule has 0 spiro atoms. The Balaban J connectivity index is 2.50. The molecule has 0 atom stereocenters. The summed E-state index contributed by atoms with van der Waals surface area (Å²) in [5, 5.41) is 3.28. The van der Waals surface area contributed by atoms with Gasteiger partial charge in [0.05, 0.1) is 0 Å². The van der Waals surface area contributed by atoms with E-state index in [4.69, 9.17) is 5.73 Å². The van der Waals surface area contributed by atoms with Crippen molar-refractivity contribution in [3.05, 3.63) is 12.4 Å². The molecule has 0 radical (unpaired) electrons. The smallest absolute Gasteiger partial charge is 0.133 e. The quantitative estimate of drug-likeness (QED) is 0.690. The van der Waals surface area contributed by atoms with Crippen LogP contribution >= 0.6 is 0 Å². The summed E-state index contributed by atoms with van der Waals surface area (Å²) in [6.07, 6.45) is 2.55. The van der Waals surface area contributed by atoms with E-state index >= 15 is 0 Å². The van der Waals surface area contributed by atoms with E-state index in [2.05, 4.69) is 25.1 Å². The molecule has 1 aromatic rings. The fraction of sp³-hybridized carbons (Fsp3) is 0.667. The normalized spacial score (nSPS) is 10.7. The van der Waals surface area contributed by atoms with Gasteiger partial charge in [-0.2, -0.15) is 0 Å². The van der Waals surface area contributed by atoms with Crippen molar-refractivity contribution in [2.24, 2.45) is 5.73 Å². The van der Waals surface area contributed by atoms with Gasteiger partial charge in [0.2, 0.25) is 0 Å². The third-order valence-electron chi connectivity index (χ3n) is 2.61. The monoisotopic (exact) mass is 252 g/mol. The third kappa shape index (κ3) is 5.29. The van der Waals surface area contributed by atoms with Crippen molar-refractivity contribution >= 4 is 11.6 Å². The van der Waals surface area contributed by atoms with Crippen LogP contribution in [0.5, 0.6) is 0 Å². The molecule has 1 rings (SSSR count). The molecule has 0 aliphatic carbocycles. The maximum absolute atomic E-state index is 5.50. The van der Waals surface area contributed by atoms with Gasteiger partial charge in [-0.25, -0.2) is 9.97 Å². The predicted octanol–water partition coefficient (Wildman–Crippen LogP) is 0.235. The second-order valence-corrected chi connectivity index (χ2v) is 4.56. The molecule has 0 saturated carbocycles. The summed E-state index contributed by atoms with van der Waals surface area (Å²) in [5.41, 5.74) is 5.50. The second kappa shape index (κ2) is 7.84. The van der Waals surface area contributed by atoms with E-state index in [9.17, 15) is 0 Å². The van der Waals surface area contributed by atoms with Crippen LogP contribution in [-0.2, 0) is 0 Å². The first kappa shape index (κ1) is 14.7. The van der Waals surface area contributed by atoms with Crippen LogP contribution in [0.4, 0.5) is 11.6 Å². The molecule has 1 heterocycles. The van der Waals surface area contributed by atoms with E-state index < -0.39 is 0 Å². The Labute approximate surface area is 109 Å². The topological polar surface area (TPSA) is 70.3 Å². The molecule has 0 fully saturated rings. The Kier molecular flexibility index (Phi) is 6.38. The Morgan fingerprint density at radius 1 is 1.22 bits per heavy atom. The van der Waals surface area contributed by atoms with Gasteiger partial charge < -0.3 is 20.9 Å². The molecule has 1 aromatic heterocycles. The van der Waals surface area contributed by atoms with E-state index in [1.54, 1.807) is 6.33 Å². The van der Waals surface area contributed by atoms with E-state index in [1.807, 2.05) is 27.2 Å². The number of nitrogens with two attached hydrogens (primary N) is 1. The highest BCUT2D eigenvalue weighted by Gasteiger charge is 2.03. The van der Waals surface area contributed by atoms with Crippen molar-refractivity contribution < 1.29 is 0 Å². The van der Waals surface area contributed by atoms with Crippen LogP contribution in [-0.4, -0.2) is 62.2 Å². The summed E-state index contributed by atoms with van der Waals surface area (Å²) in [6.45, 7) is 3.45. The van der Waals surface area contributed by atoms with Gasteiger partial charge in [0.25, 0.3) is 0 Å². The standard InChI is InChI=1S/C12H24N6/c1-17(2)8-6-14-11-9-12(16-10-15-11)18(3)7-4-5-13/h9-10H,4-8,13H2,1-3H3,(H,14,15,16). The number of hydrogen-bond acceptors (Lipinski definition) is 6. The summed E-state index contributed by atoms with van der Waals surface area (Å²) in [5.74, 6) is 1.78. The van der Waals surface area contributed by atoms with Gasteiger partial charge in [0, 0.05) is 32.7 Å². The summed E-state index contributed by atoms with van der Waals surface area (Å²) in [6, 6.07) is 1.96. The van der Waals surface area contributed by atoms with E-state index in [0.29, 0.717) is 6.54 Å². The Hall–Kier alpha value is -1.40. The molecule has 6 nitrogen and oxygen atoms in total. The molecule has 0 aromatic carbocycles. The zero-order chi connectivity index (χ0) is 13.4. The lowest BCUT2D eigenvalue weighted by Gasteiger charge is -2.18. The highest BCUT2D eigenvalue weighted by Crippen LogP contribution is 2.12. The fourth-order valence-electron chi connectivity index (χ4n) is 1.50. The molecule has 0 bridgehead atoms. The summed E-state index contributed by atoms with van der Waals surface area (Å²) >= 11 is 0. The van der Waals surface area contributed by atoms with Gasteiger partial charge in [-0.3, -0.25) is 0 Å². The number of likely N-dealkylation sites (N-methyl/N-ethyl adjacent to an activating group) is 1. The van der Waals surface area contributed by atoms with Crippen LogP contribution in [0.3, 0.4) is 0 Å². The zero-order valence-corrected chi connectivity index (χ0v) is 11.6. The Morgan fingerprint density at radius 2 is 2.00 bits per heavy atom. The largest absolute Gasteiger partial charge is 0.369 e. The predicted molar refractivity (Wildman–Crippen MR) is 76.0 cm³/mol. The molecule has 0 amide bonds. The highest BCUT2D eigenvalue weighted by atomic mass is 15.2. The maximum atomic E-state index is 5.50. The SMILES string of the molecule is CN(C)CCNc1cc(N(C)CCCN)ncn1. The molecule has 0 aliphatic rings. The van der Waals surface area contributed by atoms with Crippen LogP contribution in [0.2, 0.25) is 0 Å². The minimum atomic E-state index is 0.698. The van der Waals surface area contributed by atoms with Crippen molar-refractivity contribution in [1.82, 2.24) is 14.9 Å².